The smallest absolute Gasteiger partial charge is 0.187 e. The summed E-state index contributed by atoms with van der Waals surface area (Å²) in [4.78, 5) is 14.1. The highest BCUT2D eigenvalue weighted by Crippen LogP contribution is 2.50. The van der Waals surface area contributed by atoms with Crippen molar-refractivity contribution in [2.24, 2.45) is 17.2 Å². The summed E-state index contributed by atoms with van der Waals surface area (Å²) in [5, 5.41) is 86.2. The Morgan fingerprint density at radius 2 is 1.15 bits per heavy atom. The number of ketones is 1. The van der Waals surface area contributed by atoms with Gasteiger partial charge in [0.1, 0.15) is 53.4 Å². The average molecular weight is 782 g/mol. The van der Waals surface area contributed by atoms with Crippen molar-refractivity contribution in [3.63, 3.8) is 0 Å². The Labute approximate surface area is 319 Å². The van der Waals surface area contributed by atoms with E-state index in [2.05, 4.69) is 6.92 Å². The Bertz CT molecular complexity index is 1130. The van der Waals surface area contributed by atoms with Gasteiger partial charge in [-0.1, -0.05) is 84.0 Å². The molecule has 318 valence electrons. The van der Waals surface area contributed by atoms with E-state index in [1.807, 2.05) is 0 Å². The van der Waals surface area contributed by atoms with Gasteiger partial charge in [-0.15, -0.1) is 0 Å². The molecule has 3 heterocycles. The minimum atomic E-state index is -2.48. The lowest BCUT2D eigenvalue weighted by molar-refractivity contribution is -0.397. The number of unbranched alkanes of at least 4 members (excludes halogenated alkanes) is 12. The molecule has 0 bridgehead atoms. The van der Waals surface area contributed by atoms with Crippen LogP contribution in [0.1, 0.15) is 118 Å². The van der Waals surface area contributed by atoms with Gasteiger partial charge in [0.2, 0.25) is 0 Å². The number of nitrogens with two attached hydrogens (primary N) is 3. The molecule has 0 amide bonds. The van der Waals surface area contributed by atoms with Gasteiger partial charge in [-0.2, -0.15) is 0 Å². The molecule has 0 aromatic heterocycles. The number of carbonyl (C=O) groups excluding carboxylic acids is 1. The van der Waals surface area contributed by atoms with Crippen LogP contribution < -0.4 is 17.2 Å². The first kappa shape index (κ1) is 47.4. The fourth-order valence-corrected chi connectivity index (χ4v) is 7.78. The molecule has 54 heavy (non-hydrogen) atoms. The Kier molecular flexibility index (Phi) is 18.1. The Morgan fingerprint density at radius 1 is 0.685 bits per heavy atom. The normalized spacial score (nSPS) is 43.0. The third-order valence-corrected chi connectivity index (χ3v) is 12.2. The summed E-state index contributed by atoms with van der Waals surface area (Å²) in [6, 6.07) is -2.78. The highest BCUT2D eigenvalue weighted by atomic mass is 16.7. The van der Waals surface area contributed by atoms with Crippen LogP contribution >= 0.6 is 0 Å². The lowest BCUT2D eigenvalue weighted by Crippen LogP contribution is -2.87. The largest absolute Gasteiger partial charge is 0.394 e. The second kappa shape index (κ2) is 20.6. The Hall–Kier alpha value is -0.970. The van der Waals surface area contributed by atoms with E-state index in [1.165, 1.54) is 58.8 Å². The second-order valence-corrected chi connectivity index (χ2v) is 16.1. The molecule has 3 fully saturated rings. The van der Waals surface area contributed by atoms with Crippen LogP contribution in [0.3, 0.4) is 0 Å². The first-order valence-electron chi connectivity index (χ1n) is 19.8. The van der Waals surface area contributed by atoms with Crippen LogP contribution in [-0.4, -0.2) is 156 Å². The highest BCUT2D eigenvalue weighted by Gasteiger charge is 2.74. The summed E-state index contributed by atoms with van der Waals surface area (Å²) in [6.07, 6.45) is 0.102. The van der Waals surface area contributed by atoms with Gasteiger partial charge in [0, 0.05) is 6.42 Å². The van der Waals surface area contributed by atoms with E-state index in [-0.39, 0.29) is 6.42 Å². The van der Waals surface area contributed by atoms with E-state index in [4.69, 9.17) is 40.9 Å². The summed E-state index contributed by atoms with van der Waals surface area (Å²) in [5.74, 6) is -0.696. The van der Waals surface area contributed by atoms with Crippen molar-refractivity contribution in [2.75, 3.05) is 19.8 Å². The quantitative estimate of drug-likeness (QED) is 0.0582. The van der Waals surface area contributed by atoms with Gasteiger partial charge < -0.3 is 81.7 Å². The molecule has 0 saturated carbocycles. The van der Waals surface area contributed by atoms with Crippen LogP contribution in [0.25, 0.3) is 0 Å². The van der Waals surface area contributed by atoms with E-state index in [1.54, 1.807) is 0 Å². The Morgan fingerprint density at radius 3 is 1.65 bits per heavy atom. The van der Waals surface area contributed by atoms with E-state index in [9.17, 15) is 45.6 Å². The maximum atomic E-state index is 14.1. The third kappa shape index (κ3) is 10.00. The maximum absolute atomic E-state index is 14.1. The molecule has 3 rings (SSSR count). The van der Waals surface area contributed by atoms with Crippen molar-refractivity contribution >= 4 is 5.78 Å². The molecule has 15 atom stereocenters. The second-order valence-electron chi connectivity index (χ2n) is 16.1. The average Bonchev–Trinajstić information content (AvgIpc) is 3.14. The fourth-order valence-electron chi connectivity index (χ4n) is 7.78. The topological polar surface area (TPSA) is 303 Å². The number of hydrogen-bond donors (Lipinski definition) is 11. The third-order valence-electron chi connectivity index (χ3n) is 12.2. The number of hydrogen-bond acceptors (Lipinski definition) is 17. The van der Waals surface area contributed by atoms with Crippen LogP contribution in [-0.2, 0) is 28.5 Å². The summed E-state index contributed by atoms with van der Waals surface area (Å²) in [5.41, 5.74) is 9.74. The molecule has 0 aromatic carbocycles. The SMILES string of the molecule is CCCCCCCCCCCCCCCC(=O)[C@]1(N)[C@@H](OC2[C@@H](CO)O[C@@H](OC3[C@@H](CO)O[C@@H](O)[C@H](N)[C@H]3O)[C@H](N)[C@H]2O)O[C@](C)(CO)[C@@](C)(O)[C@]1(C)O. The van der Waals surface area contributed by atoms with Gasteiger partial charge >= 0.3 is 0 Å². The molecule has 0 radical (unpaired) electrons. The van der Waals surface area contributed by atoms with Crippen LogP contribution in [0.5, 0.6) is 0 Å². The highest BCUT2D eigenvalue weighted by molar-refractivity contribution is 5.91. The summed E-state index contributed by atoms with van der Waals surface area (Å²) in [6.45, 7) is 3.54. The van der Waals surface area contributed by atoms with Crippen molar-refractivity contribution in [1.82, 2.24) is 0 Å². The summed E-state index contributed by atoms with van der Waals surface area (Å²) < 4.78 is 29.1. The van der Waals surface area contributed by atoms with Crippen molar-refractivity contribution in [3.05, 3.63) is 0 Å². The number of rotatable bonds is 22. The molecule has 3 saturated heterocycles. The molecule has 0 aromatic rings. The van der Waals surface area contributed by atoms with Crippen LogP contribution in [0.2, 0.25) is 0 Å². The number of ether oxygens (including phenoxy) is 5. The minimum absolute atomic E-state index is 0.100. The van der Waals surface area contributed by atoms with Crippen LogP contribution in [0.4, 0.5) is 0 Å². The predicted molar refractivity (Wildman–Crippen MR) is 195 cm³/mol. The van der Waals surface area contributed by atoms with Gasteiger partial charge in [-0.3, -0.25) is 4.79 Å². The Balaban J connectivity index is 1.72. The fraction of sp³-hybridized carbons (Fsp3) is 0.973. The first-order chi connectivity index (χ1) is 25.4. The van der Waals surface area contributed by atoms with Crippen molar-refractivity contribution in [1.29, 1.82) is 0 Å². The lowest BCUT2D eigenvalue weighted by atomic mass is 9.60. The van der Waals surface area contributed by atoms with E-state index in [0.29, 0.717) is 6.42 Å². The standard InChI is InChI=1S/C37H71N3O14/c1-5-6-7-8-9-10-11-12-13-14-15-16-17-18-24(44)37(40)33(54-34(2,21-43)35(3,48)36(37,4)49)53-30-23(20-42)51-32(26(39)28(30)46)52-29-22(19-41)50-31(47)25(38)27(29)45/h22-23,25-33,41-43,45-49H,5-21,38-40H2,1-4H3/t22-,23-,25-,26-,27-,28-,29?,30?,31-,32+,33+,34-,35-,36+,37+/m1/s1. The minimum Gasteiger partial charge on any atom is -0.394 e. The molecule has 3 aliphatic rings. The lowest BCUT2D eigenvalue weighted by Gasteiger charge is -2.62. The number of aliphatic hydroxyl groups is 8. The molecule has 17 nitrogen and oxygen atoms in total. The van der Waals surface area contributed by atoms with Gasteiger partial charge in [0.25, 0.3) is 0 Å². The van der Waals surface area contributed by atoms with Crippen LogP contribution in [0, 0.1) is 0 Å². The van der Waals surface area contributed by atoms with Gasteiger partial charge in [-0.05, 0) is 27.2 Å². The first-order valence-corrected chi connectivity index (χ1v) is 19.8. The van der Waals surface area contributed by atoms with Gasteiger partial charge in [-0.25, -0.2) is 0 Å². The number of Topliss-reactive ketones (excluding diaryl/α,β-unsaturated/α-hetero) is 1. The molecule has 0 aliphatic carbocycles. The van der Waals surface area contributed by atoms with E-state index >= 15 is 0 Å². The molecule has 2 unspecified atom stereocenters. The summed E-state index contributed by atoms with van der Waals surface area (Å²) in [7, 11) is 0. The predicted octanol–water partition coefficient (Wildman–Crippen LogP) is -1.08. The van der Waals surface area contributed by atoms with Crippen molar-refractivity contribution in [3.8, 4) is 0 Å². The van der Waals surface area contributed by atoms with E-state index < -0.39 is 116 Å². The number of carbonyl (C=O) groups is 1. The van der Waals surface area contributed by atoms with E-state index in [0.717, 1.165) is 39.0 Å². The zero-order valence-electron chi connectivity index (χ0n) is 32.6. The molecular formula is C37H71N3O14. The van der Waals surface area contributed by atoms with Crippen LogP contribution in [0.15, 0.2) is 0 Å². The molecule has 14 N–H and O–H groups in total. The zero-order valence-corrected chi connectivity index (χ0v) is 32.6. The van der Waals surface area contributed by atoms with Gasteiger partial charge in [0.05, 0.1) is 31.9 Å². The van der Waals surface area contributed by atoms with Crippen molar-refractivity contribution in [2.45, 2.75) is 208 Å². The molecule has 3 aliphatic heterocycles. The zero-order chi connectivity index (χ0) is 40.5. The van der Waals surface area contributed by atoms with Crippen molar-refractivity contribution < 1.29 is 69.3 Å². The molecule has 17 heteroatoms. The number of aliphatic hydroxyl groups excluding tert-OH is 6. The monoisotopic (exact) mass is 781 g/mol. The molecular weight excluding hydrogens is 710 g/mol. The molecule has 0 spiro atoms. The maximum Gasteiger partial charge on any atom is 0.187 e. The summed E-state index contributed by atoms with van der Waals surface area (Å²) >= 11 is 0. The van der Waals surface area contributed by atoms with Gasteiger partial charge in [0.15, 0.2) is 30.2 Å².